The molecule has 1 aromatic rings. The van der Waals surface area contributed by atoms with Gasteiger partial charge >= 0.3 is 0 Å². The third-order valence-electron chi connectivity index (χ3n) is 4.72. The summed E-state index contributed by atoms with van der Waals surface area (Å²) >= 11 is 0. The monoisotopic (exact) mass is 572 g/mol. The standard InChI is InChI=1S/C9H19N3O2.C8H15NO2.C7H3F5O2/c1-2-6-14-7-4-11-8-9(12-10)3-5-13;1-7(10)9-6-8-4-2-3-5-11-8;8-2-3(9)5(11)7(14-1-13)6(12)4(2)10/h8,13H,2-7,10H2,1H3;8H,2-6H2,1H3,(H,9,10);13H,1H2/b11-8?,12-9-;;. The number of carbonyl (C=O) groups excluding carboxylic acids is 1. The molecule has 15 heteroatoms. The minimum absolute atomic E-state index is 0.0270. The van der Waals surface area contributed by atoms with Crippen molar-refractivity contribution in [1.29, 1.82) is 0 Å². The number of nitrogens with two attached hydrogens (primary N) is 1. The Morgan fingerprint density at radius 3 is 2.23 bits per heavy atom. The van der Waals surface area contributed by atoms with Gasteiger partial charge in [0.15, 0.2) is 12.5 Å². The fourth-order valence-electron chi connectivity index (χ4n) is 2.81. The molecule has 224 valence electrons. The van der Waals surface area contributed by atoms with E-state index < -0.39 is 41.6 Å². The molecule has 1 saturated heterocycles. The lowest BCUT2D eigenvalue weighted by Gasteiger charge is -2.22. The zero-order chi connectivity index (χ0) is 29.6. The van der Waals surface area contributed by atoms with Crippen LogP contribution >= 0.6 is 0 Å². The number of nitrogens with zero attached hydrogens (tertiary/aromatic N) is 2. The van der Waals surface area contributed by atoms with Crippen LogP contribution in [0.1, 0.15) is 46.0 Å². The molecule has 10 nitrogen and oxygen atoms in total. The van der Waals surface area contributed by atoms with E-state index in [0.29, 0.717) is 31.8 Å². The van der Waals surface area contributed by atoms with E-state index >= 15 is 0 Å². The van der Waals surface area contributed by atoms with Crippen LogP contribution < -0.4 is 15.9 Å². The van der Waals surface area contributed by atoms with E-state index in [4.69, 9.17) is 25.5 Å². The van der Waals surface area contributed by atoms with E-state index in [2.05, 4.69) is 27.1 Å². The van der Waals surface area contributed by atoms with Crippen molar-refractivity contribution in [2.24, 2.45) is 15.9 Å². The number of hydrogen-bond acceptors (Lipinski definition) is 9. The molecule has 5 N–H and O–H groups in total. The van der Waals surface area contributed by atoms with Gasteiger partial charge in [-0.3, -0.25) is 9.79 Å². The van der Waals surface area contributed by atoms with E-state index in [0.717, 1.165) is 32.5 Å². The maximum absolute atomic E-state index is 12.6. The van der Waals surface area contributed by atoms with E-state index in [9.17, 15) is 26.7 Å². The smallest absolute Gasteiger partial charge is 0.216 e. The normalized spacial score (nSPS) is 15.2. The molecule has 1 fully saturated rings. The molecular weight excluding hydrogens is 535 g/mol. The summed E-state index contributed by atoms with van der Waals surface area (Å²) in [7, 11) is 0. The Labute approximate surface area is 224 Å². The molecule has 1 heterocycles. The zero-order valence-corrected chi connectivity index (χ0v) is 22.0. The number of benzene rings is 1. The summed E-state index contributed by atoms with van der Waals surface area (Å²) in [6.45, 7) is 5.94. The number of nitrogens with one attached hydrogen (secondary N) is 1. The van der Waals surface area contributed by atoms with Crippen LogP contribution in [0.3, 0.4) is 0 Å². The van der Waals surface area contributed by atoms with Gasteiger partial charge in [-0.25, -0.2) is 13.2 Å². The number of hydrazone groups is 1. The Morgan fingerprint density at radius 1 is 1.10 bits per heavy atom. The van der Waals surface area contributed by atoms with Gasteiger partial charge in [-0.1, -0.05) is 6.92 Å². The lowest BCUT2D eigenvalue weighted by Crippen LogP contribution is -2.34. The van der Waals surface area contributed by atoms with Crippen LogP contribution in [0, 0.1) is 29.1 Å². The molecule has 0 spiro atoms. The van der Waals surface area contributed by atoms with Crippen molar-refractivity contribution in [2.45, 2.75) is 52.1 Å². The van der Waals surface area contributed by atoms with Gasteiger partial charge in [-0.2, -0.15) is 13.9 Å². The highest BCUT2D eigenvalue weighted by Crippen LogP contribution is 2.28. The number of aliphatic hydroxyl groups is 2. The van der Waals surface area contributed by atoms with Gasteiger partial charge in [-0.05, 0) is 25.7 Å². The third kappa shape index (κ3) is 15.3. The molecule has 0 aliphatic carbocycles. The summed E-state index contributed by atoms with van der Waals surface area (Å²) in [6.07, 6.45) is 6.76. The Balaban J connectivity index is 0.000000560. The third-order valence-corrected chi connectivity index (χ3v) is 4.72. The highest BCUT2D eigenvalue weighted by molar-refractivity contribution is 6.30. The molecule has 1 atom stereocenters. The number of ether oxygens (including phenoxy) is 3. The summed E-state index contributed by atoms with van der Waals surface area (Å²) in [4.78, 5) is 14.6. The maximum atomic E-state index is 12.6. The van der Waals surface area contributed by atoms with Crippen molar-refractivity contribution in [3.8, 4) is 5.75 Å². The maximum Gasteiger partial charge on any atom is 0.216 e. The van der Waals surface area contributed by atoms with Crippen molar-refractivity contribution in [1.82, 2.24) is 5.32 Å². The van der Waals surface area contributed by atoms with Crippen molar-refractivity contribution >= 4 is 17.8 Å². The molecule has 1 aliphatic rings. The van der Waals surface area contributed by atoms with Crippen LogP contribution in [-0.2, 0) is 14.3 Å². The van der Waals surface area contributed by atoms with Crippen molar-refractivity contribution in [3.63, 3.8) is 0 Å². The van der Waals surface area contributed by atoms with Gasteiger partial charge in [0.1, 0.15) is 0 Å². The summed E-state index contributed by atoms with van der Waals surface area (Å²) in [6, 6.07) is 0. The largest absolute Gasteiger partial charge is 0.461 e. The molecule has 1 aromatic carbocycles. The highest BCUT2D eigenvalue weighted by atomic mass is 19.2. The van der Waals surface area contributed by atoms with Gasteiger partial charge in [0.2, 0.25) is 35.0 Å². The number of carbonyl (C=O) groups is 1. The quantitative estimate of drug-likeness (QED) is 0.0440. The molecule has 0 radical (unpaired) electrons. The molecule has 0 aromatic heterocycles. The fraction of sp³-hybridized carbons (Fsp3) is 0.625. The van der Waals surface area contributed by atoms with E-state index in [1.807, 2.05) is 0 Å². The van der Waals surface area contributed by atoms with Crippen LogP contribution in [0.25, 0.3) is 0 Å². The molecule has 1 amide bonds. The first-order valence-corrected chi connectivity index (χ1v) is 12.2. The average Bonchev–Trinajstić information content (AvgIpc) is 2.94. The highest BCUT2D eigenvalue weighted by Gasteiger charge is 2.26. The SMILES string of the molecule is CC(=O)NCC1CCCCO1.CCCOCCN=C/C(CCO)=N\N.OCOc1c(F)c(F)c(F)c(F)c1F. The molecule has 0 saturated carbocycles. The van der Waals surface area contributed by atoms with E-state index in [-0.39, 0.29) is 18.6 Å². The number of halogens is 5. The molecule has 0 bridgehead atoms. The Kier molecular flexibility index (Phi) is 20.4. The summed E-state index contributed by atoms with van der Waals surface area (Å²) in [5, 5.41) is 23.0. The number of hydrogen-bond donors (Lipinski definition) is 4. The summed E-state index contributed by atoms with van der Waals surface area (Å²) in [5.74, 6) is -7.13. The number of aliphatic hydroxyl groups excluding tert-OH is 2. The van der Waals surface area contributed by atoms with E-state index in [1.54, 1.807) is 6.21 Å². The lowest BCUT2D eigenvalue weighted by atomic mass is 10.1. The number of aliphatic imine (C=N–C) groups is 1. The van der Waals surface area contributed by atoms with Gasteiger partial charge in [0.25, 0.3) is 0 Å². The minimum Gasteiger partial charge on any atom is -0.461 e. The first-order valence-electron chi connectivity index (χ1n) is 12.2. The second-order valence-electron chi connectivity index (χ2n) is 7.84. The first-order chi connectivity index (χ1) is 18.6. The molecule has 1 unspecified atom stereocenters. The van der Waals surface area contributed by atoms with Crippen LogP contribution in [-0.4, -0.2) is 80.5 Å². The summed E-state index contributed by atoms with van der Waals surface area (Å²) < 4.78 is 76.9. The predicted molar refractivity (Wildman–Crippen MR) is 134 cm³/mol. The van der Waals surface area contributed by atoms with Gasteiger partial charge in [0, 0.05) is 45.9 Å². The zero-order valence-electron chi connectivity index (χ0n) is 22.0. The minimum atomic E-state index is -2.27. The Hall–Kier alpha value is -2.88. The van der Waals surface area contributed by atoms with Gasteiger partial charge in [-0.15, -0.1) is 0 Å². The topological polar surface area (TPSA) is 148 Å². The van der Waals surface area contributed by atoms with Crippen LogP contribution in [0.15, 0.2) is 10.1 Å². The Bertz CT molecular complexity index is 873. The van der Waals surface area contributed by atoms with Crippen LogP contribution in [0.2, 0.25) is 0 Å². The molecule has 39 heavy (non-hydrogen) atoms. The first kappa shape index (κ1) is 36.1. The summed E-state index contributed by atoms with van der Waals surface area (Å²) in [5.41, 5.74) is 0.600. The fourth-order valence-corrected chi connectivity index (χ4v) is 2.81. The van der Waals surface area contributed by atoms with Crippen molar-refractivity contribution in [3.05, 3.63) is 29.1 Å². The predicted octanol–water partition coefficient (Wildman–Crippen LogP) is 2.58. The average molecular weight is 573 g/mol. The van der Waals surface area contributed by atoms with Crippen LogP contribution in [0.4, 0.5) is 22.0 Å². The molecule has 2 rings (SSSR count). The molecule has 1 aliphatic heterocycles. The van der Waals surface area contributed by atoms with Crippen LogP contribution in [0.5, 0.6) is 5.75 Å². The second-order valence-corrected chi connectivity index (χ2v) is 7.84. The van der Waals surface area contributed by atoms with Gasteiger partial charge in [0.05, 0.1) is 25.0 Å². The van der Waals surface area contributed by atoms with Crippen molar-refractivity contribution in [2.75, 3.05) is 46.3 Å². The second kappa shape index (κ2) is 22.0. The Morgan fingerprint density at radius 2 is 1.74 bits per heavy atom. The van der Waals surface area contributed by atoms with Gasteiger partial charge < -0.3 is 35.6 Å². The lowest BCUT2D eigenvalue weighted by molar-refractivity contribution is -0.119. The van der Waals surface area contributed by atoms with Crippen molar-refractivity contribution < 1.29 is 51.2 Å². The number of amides is 1. The van der Waals surface area contributed by atoms with E-state index in [1.165, 1.54) is 13.3 Å². The number of rotatable bonds is 12. The molecular formula is C24H37F5N4O6.